The van der Waals surface area contributed by atoms with Crippen LogP contribution in [0.4, 0.5) is 5.69 Å². The highest BCUT2D eigenvalue weighted by molar-refractivity contribution is 5.91. The van der Waals surface area contributed by atoms with E-state index in [2.05, 4.69) is 9.88 Å². The standard InChI is InChI=1S/C14H15N3O2/c18-14(13-2-1-11-19-13)17-9-7-16(8-10-17)12-3-5-15-6-4-12/h1-6,11H,7-10H2. The van der Waals surface area contributed by atoms with Gasteiger partial charge in [-0.15, -0.1) is 0 Å². The summed E-state index contributed by atoms with van der Waals surface area (Å²) >= 11 is 0. The fourth-order valence-electron chi connectivity index (χ4n) is 2.28. The number of carbonyl (C=O) groups excluding carboxylic acids is 1. The molecule has 2 aromatic heterocycles. The quantitative estimate of drug-likeness (QED) is 0.820. The molecule has 0 saturated carbocycles. The summed E-state index contributed by atoms with van der Waals surface area (Å²) in [5.74, 6) is 0.386. The first-order valence-electron chi connectivity index (χ1n) is 6.32. The molecule has 5 heteroatoms. The first kappa shape index (κ1) is 11.8. The van der Waals surface area contributed by atoms with Gasteiger partial charge >= 0.3 is 0 Å². The van der Waals surface area contributed by atoms with Crippen LogP contribution in [0.5, 0.6) is 0 Å². The third-order valence-electron chi connectivity index (χ3n) is 3.33. The number of hydrogen-bond acceptors (Lipinski definition) is 4. The molecule has 0 radical (unpaired) electrons. The second-order valence-corrected chi connectivity index (χ2v) is 4.46. The number of hydrogen-bond donors (Lipinski definition) is 0. The van der Waals surface area contributed by atoms with E-state index in [9.17, 15) is 4.79 Å². The number of aromatic nitrogens is 1. The summed E-state index contributed by atoms with van der Waals surface area (Å²) in [7, 11) is 0. The molecule has 0 N–H and O–H groups in total. The Morgan fingerprint density at radius 2 is 1.84 bits per heavy atom. The minimum atomic E-state index is -0.0284. The van der Waals surface area contributed by atoms with Crippen LogP contribution < -0.4 is 4.90 Å². The predicted octanol–water partition coefficient (Wildman–Crippen LogP) is 1.64. The Labute approximate surface area is 111 Å². The van der Waals surface area contributed by atoms with Gasteiger partial charge in [0.15, 0.2) is 5.76 Å². The van der Waals surface area contributed by atoms with E-state index < -0.39 is 0 Å². The molecule has 1 aliphatic heterocycles. The summed E-state index contributed by atoms with van der Waals surface area (Å²) < 4.78 is 5.15. The van der Waals surface area contributed by atoms with Crippen LogP contribution >= 0.6 is 0 Å². The van der Waals surface area contributed by atoms with Crippen molar-refractivity contribution in [2.45, 2.75) is 0 Å². The first-order valence-corrected chi connectivity index (χ1v) is 6.32. The number of anilines is 1. The van der Waals surface area contributed by atoms with E-state index in [1.807, 2.05) is 17.0 Å². The molecule has 0 bridgehead atoms. The molecule has 0 atom stereocenters. The van der Waals surface area contributed by atoms with Crippen molar-refractivity contribution < 1.29 is 9.21 Å². The molecule has 3 rings (SSSR count). The van der Waals surface area contributed by atoms with Crippen LogP contribution in [0, 0.1) is 0 Å². The fourth-order valence-corrected chi connectivity index (χ4v) is 2.28. The molecule has 2 aromatic rings. The molecule has 1 saturated heterocycles. The van der Waals surface area contributed by atoms with E-state index in [1.165, 1.54) is 6.26 Å². The summed E-state index contributed by atoms with van der Waals surface area (Å²) in [5.41, 5.74) is 1.15. The number of rotatable bonds is 2. The molecule has 0 aromatic carbocycles. The maximum atomic E-state index is 12.1. The normalized spacial score (nSPS) is 15.6. The minimum Gasteiger partial charge on any atom is -0.459 e. The number of nitrogens with zero attached hydrogens (tertiary/aromatic N) is 3. The van der Waals surface area contributed by atoms with Gasteiger partial charge in [0.1, 0.15) is 0 Å². The Bertz CT molecular complexity index is 531. The molecule has 0 unspecified atom stereocenters. The van der Waals surface area contributed by atoms with Gasteiger partial charge in [0.25, 0.3) is 5.91 Å². The van der Waals surface area contributed by atoms with Crippen LogP contribution in [0.25, 0.3) is 0 Å². The summed E-state index contributed by atoms with van der Waals surface area (Å²) in [4.78, 5) is 20.2. The van der Waals surface area contributed by atoms with Gasteiger partial charge in [-0.2, -0.15) is 0 Å². The largest absolute Gasteiger partial charge is 0.459 e. The van der Waals surface area contributed by atoms with E-state index in [0.29, 0.717) is 18.8 Å². The zero-order valence-electron chi connectivity index (χ0n) is 10.5. The van der Waals surface area contributed by atoms with Gasteiger partial charge in [-0.3, -0.25) is 9.78 Å². The van der Waals surface area contributed by atoms with Crippen molar-refractivity contribution in [1.82, 2.24) is 9.88 Å². The van der Waals surface area contributed by atoms with Crippen LogP contribution in [0.3, 0.4) is 0 Å². The summed E-state index contributed by atoms with van der Waals surface area (Å²) in [6.45, 7) is 3.08. The number of amides is 1. The van der Waals surface area contributed by atoms with Crippen molar-refractivity contribution in [3.63, 3.8) is 0 Å². The Morgan fingerprint density at radius 3 is 2.47 bits per heavy atom. The smallest absolute Gasteiger partial charge is 0.289 e. The number of furan rings is 1. The van der Waals surface area contributed by atoms with E-state index >= 15 is 0 Å². The summed E-state index contributed by atoms with van der Waals surface area (Å²) in [6, 6.07) is 7.42. The molecule has 19 heavy (non-hydrogen) atoms. The second-order valence-electron chi connectivity index (χ2n) is 4.46. The van der Waals surface area contributed by atoms with Crippen molar-refractivity contribution in [2.24, 2.45) is 0 Å². The van der Waals surface area contributed by atoms with Crippen molar-refractivity contribution in [3.8, 4) is 0 Å². The van der Waals surface area contributed by atoms with E-state index in [1.54, 1.807) is 24.5 Å². The van der Waals surface area contributed by atoms with Crippen LogP contribution in [0.15, 0.2) is 47.3 Å². The third-order valence-corrected chi connectivity index (χ3v) is 3.33. The summed E-state index contributed by atoms with van der Waals surface area (Å²) in [5, 5.41) is 0. The lowest BCUT2D eigenvalue weighted by atomic mass is 10.2. The predicted molar refractivity (Wildman–Crippen MR) is 71.1 cm³/mol. The molecule has 5 nitrogen and oxygen atoms in total. The molecule has 98 valence electrons. The number of carbonyl (C=O) groups is 1. The van der Waals surface area contributed by atoms with Gasteiger partial charge in [0.2, 0.25) is 0 Å². The molecule has 1 fully saturated rings. The van der Waals surface area contributed by atoms with Crippen LogP contribution in [0.1, 0.15) is 10.6 Å². The Kier molecular flexibility index (Phi) is 3.18. The molecule has 0 spiro atoms. The molecular weight excluding hydrogens is 242 g/mol. The SMILES string of the molecule is O=C(c1ccco1)N1CCN(c2ccncc2)CC1. The van der Waals surface area contributed by atoms with E-state index in [-0.39, 0.29) is 5.91 Å². The zero-order valence-corrected chi connectivity index (χ0v) is 10.5. The van der Waals surface area contributed by atoms with Crippen molar-refractivity contribution >= 4 is 11.6 Å². The minimum absolute atomic E-state index is 0.0284. The highest BCUT2D eigenvalue weighted by Crippen LogP contribution is 2.16. The summed E-state index contributed by atoms with van der Waals surface area (Å²) in [6.07, 6.45) is 5.10. The number of piperazine rings is 1. The van der Waals surface area contributed by atoms with Gasteiger partial charge < -0.3 is 14.2 Å². The highest BCUT2D eigenvalue weighted by Gasteiger charge is 2.23. The maximum absolute atomic E-state index is 12.1. The molecule has 1 aliphatic rings. The van der Waals surface area contributed by atoms with E-state index in [0.717, 1.165) is 18.8 Å². The molecular formula is C14H15N3O2. The number of pyridine rings is 1. The van der Waals surface area contributed by atoms with Crippen LogP contribution in [-0.2, 0) is 0 Å². The average Bonchev–Trinajstić information content (AvgIpc) is 3.02. The highest BCUT2D eigenvalue weighted by atomic mass is 16.3. The first-order chi connectivity index (χ1) is 9.34. The average molecular weight is 257 g/mol. The van der Waals surface area contributed by atoms with Crippen LogP contribution in [-0.4, -0.2) is 42.0 Å². The Balaban J connectivity index is 1.62. The van der Waals surface area contributed by atoms with Gasteiger partial charge in [-0.1, -0.05) is 0 Å². The lowest BCUT2D eigenvalue weighted by molar-refractivity contribution is 0.0714. The third kappa shape index (κ3) is 2.45. The van der Waals surface area contributed by atoms with Gasteiger partial charge in [-0.05, 0) is 24.3 Å². The van der Waals surface area contributed by atoms with Crippen molar-refractivity contribution in [2.75, 3.05) is 31.1 Å². The van der Waals surface area contributed by atoms with E-state index in [4.69, 9.17) is 4.42 Å². The van der Waals surface area contributed by atoms with Gasteiger partial charge in [-0.25, -0.2) is 0 Å². The fraction of sp³-hybridized carbons (Fsp3) is 0.286. The topological polar surface area (TPSA) is 49.6 Å². The molecule has 0 aliphatic carbocycles. The maximum Gasteiger partial charge on any atom is 0.289 e. The lowest BCUT2D eigenvalue weighted by Crippen LogP contribution is -2.48. The molecule has 3 heterocycles. The zero-order chi connectivity index (χ0) is 13.1. The van der Waals surface area contributed by atoms with Crippen molar-refractivity contribution in [3.05, 3.63) is 48.7 Å². The van der Waals surface area contributed by atoms with Gasteiger partial charge in [0.05, 0.1) is 6.26 Å². The lowest BCUT2D eigenvalue weighted by Gasteiger charge is -2.35. The van der Waals surface area contributed by atoms with Crippen molar-refractivity contribution in [1.29, 1.82) is 0 Å². The Hall–Kier alpha value is -2.30. The molecule has 1 amide bonds. The second kappa shape index (κ2) is 5.14. The Morgan fingerprint density at radius 1 is 1.11 bits per heavy atom. The monoisotopic (exact) mass is 257 g/mol. The van der Waals surface area contributed by atoms with Gasteiger partial charge in [0, 0.05) is 44.3 Å². The van der Waals surface area contributed by atoms with Crippen LogP contribution in [0.2, 0.25) is 0 Å².